The van der Waals surface area contributed by atoms with Crippen molar-refractivity contribution >= 4 is 40.4 Å². The van der Waals surface area contributed by atoms with Crippen molar-refractivity contribution in [1.29, 1.82) is 0 Å². The van der Waals surface area contributed by atoms with Gasteiger partial charge in [-0.1, -0.05) is 23.2 Å². The Labute approximate surface area is 182 Å². The van der Waals surface area contributed by atoms with Crippen molar-refractivity contribution in [1.82, 2.24) is 20.3 Å². The molecule has 29 heavy (non-hydrogen) atoms. The normalized spacial score (nSPS) is 19.3. The number of ether oxygens (including phenoxy) is 3. The molecule has 0 unspecified atom stereocenters. The lowest BCUT2D eigenvalue weighted by atomic mass is 9.83. The highest BCUT2D eigenvalue weighted by Gasteiger charge is 2.31. The topological polar surface area (TPSA) is 95.5 Å². The Morgan fingerprint density at radius 2 is 2.00 bits per heavy atom. The van der Waals surface area contributed by atoms with Gasteiger partial charge in [0.25, 0.3) is 0 Å². The third-order valence-electron chi connectivity index (χ3n) is 4.26. The number of carbonyl (C=O) groups is 1. The smallest absolute Gasteiger partial charge is 0.240 e. The van der Waals surface area contributed by atoms with Gasteiger partial charge in [-0.15, -0.1) is 11.3 Å². The molecule has 8 nitrogen and oxygen atoms in total. The van der Waals surface area contributed by atoms with Gasteiger partial charge in [0.1, 0.15) is 22.3 Å². The van der Waals surface area contributed by atoms with Gasteiger partial charge in [-0.25, -0.2) is 15.0 Å². The highest BCUT2D eigenvalue weighted by atomic mass is 35.5. The maximum atomic E-state index is 11.0. The summed E-state index contributed by atoms with van der Waals surface area (Å²) in [6.45, 7) is 4.61. The van der Waals surface area contributed by atoms with E-state index in [9.17, 15) is 4.79 Å². The second-order valence-electron chi connectivity index (χ2n) is 6.85. The minimum atomic E-state index is -0.0542. The van der Waals surface area contributed by atoms with Crippen LogP contribution in [0.4, 0.5) is 0 Å². The second kappa shape index (κ2) is 10.4. The SMILES string of the molecule is CC(=O)N[C@@H](C)COC1CC(COc2ncnc(OCc3ncc(Cl)s3)c2Cl)C1. The molecular weight excluding hydrogens is 439 g/mol. The molecule has 1 aliphatic carbocycles. The molecule has 0 spiro atoms. The number of hydrogen-bond acceptors (Lipinski definition) is 8. The molecule has 2 aromatic rings. The summed E-state index contributed by atoms with van der Waals surface area (Å²) in [5.41, 5.74) is 0. The standard InChI is InChI=1S/C18H22Cl2N4O4S/c1-10(24-11(2)25)6-26-13-3-12(4-13)7-27-17-16(20)18(23-9-22-17)28-8-15-21-5-14(19)29-15/h5,9-10,12-13H,3-4,6-8H2,1-2H3,(H,24,25)/t10-,12?,13?/m0/s1. The van der Waals surface area contributed by atoms with Crippen molar-refractivity contribution in [2.45, 2.75) is 45.4 Å². The maximum Gasteiger partial charge on any atom is 0.240 e. The Kier molecular flexibility index (Phi) is 7.88. The maximum absolute atomic E-state index is 11.0. The quantitative estimate of drug-likeness (QED) is 0.579. The van der Waals surface area contributed by atoms with Gasteiger partial charge in [0.2, 0.25) is 17.7 Å². The van der Waals surface area contributed by atoms with E-state index in [1.807, 2.05) is 6.92 Å². The van der Waals surface area contributed by atoms with E-state index in [0.29, 0.717) is 23.5 Å². The van der Waals surface area contributed by atoms with E-state index in [2.05, 4.69) is 20.3 Å². The van der Waals surface area contributed by atoms with Crippen molar-refractivity contribution in [2.24, 2.45) is 5.92 Å². The molecule has 0 bridgehead atoms. The van der Waals surface area contributed by atoms with Crippen LogP contribution in [0.3, 0.4) is 0 Å². The summed E-state index contributed by atoms with van der Waals surface area (Å²) >= 11 is 13.5. The third kappa shape index (κ3) is 6.67. The molecule has 11 heteroatoms. The Balaban J connectivity index is 1.39. The van der Waals surface area contributed by atoms with E-state index in [1.165, 1.54) is 24.6 Å². The van der Waals surface area contributed by atoms with Crippen molar-refractivity contribution in [3.63, 3.8) is 0 Å². The minimum Gasteiger partial charge on any atom is -0.476 e. The van der Waals surface area contributed by atoms with E-state index in [0.717, 1.165) is 17.8 Å². The van der Waals surface area contributed by atoms with Crippen LogP contribution in [0.1, 0.15) is 31.7 Å². The van der Waals surface area contributed by atoms with Crippen molar-refractivity contribution < 1.29 is 19.0 Å². The monoisotopic (exact) mass is 460 g/mol. The summed E-state index contributed by atoms with van der Waals surface area (Å²) in [5.74, 6) is 0.840. The number of carbonyl (C=O) groups excluding carboxylic acids is 1. The number of nitrogens with one attached hydrogen (secondary N) is 1. The van der Waals surface area contributed by atoms with Crippen LogP contribution >= 0.6 is 34.5 Å². The van der Waals surface area contributed by atoms with E-state index in [1.54, 1.807) is 6.20 Å². The van der Waals surface area contributed by atoms with E-state index < -0.39 is 0 Å². The number of hydrogen-bond donors (Lipinski definition) is 1. The summed E-state index contributed by atoms with van der Waals surface area (Å²) in [7, 11) is 0. The summed E-state index contributed by atoms with van der Waals surface area (Å²) in [4.78, 5) is 23.2. The third-order valence-corrected chi connectivity index (χ3v) is 5.67. The van der Waals surface area contributed by atoms with Crippen LogP contribution in [0.2, 0.25) is 9.36 Å². The summed E-state index contributed by atoms with van der Waals surface area (Å²) in [6, 6.07) is 0.00134. The van der Waals surface area contributed by atoms with E-state index >= 15 is 0 Å². The van der Waals surface area contributed by atoms with Gasteiger partial charge < -0.3 is 19.5 Å². The van der Waals surface area contributed by atoms with Crippen LogP contribution in [0.25, 0.3) is 0 Å². The van der Waals surface area contributed by atoms with Gasteiger partial charge in [0, 0.05) is 13.0 Å². The number of rotatable bonds is 10. The molecular formula is C18H22Cl2N4O4S. The largest absolute Gasteiger partial charge is 0.476 e. The lowest BCUT2D eigenvalue weighted by Gasteiger charge is -2.35. The van der Waals surface area contributed by atoms with Crippen LogP contribution in [0.15, 0.2) is 12.5 Å². The predicted octanol–water partition coefficient (Wildman–Crippen LogP) is 3.52. The molecule has 1 saturated carbocycles. The van der Waals surface area contributed by atoms with Crippen molar-refractivity contribution in [2.75, 3.05) is 13.2 Å². The number of thiazole rings is 1. The molecule has 0 aromatic carbocycles. The zero-order valence-electron chi connectivity index (χ0n) is 16.1. The van der Waals surface area contributed by atoms with Crippen LogP contribution in [-0.4, -0.2) is 46.2 Å². The molecule has 2 heterocycles. The molecule has 1 fully saturated rings. The molecule has 0 saturated heterocycles. The van der Waals surface area contributed by atoms with Gasteiger partial charge in [-0.2, -0.15) is 0 Å². The highest BCUT2D eigenvalue weighted by molar-refractivity contribution is 7.15. The first-order valence-corrected chi connectivity index (χ1v) is 10.7. The molecule has 3 rings (SSSR count). The fourth-order valence-corrected chi connectivity index (χ4v) is 3.91. The molecule has 1 amide bonds. The lowest BCUT2D eigenvalue weighted by molar-refractivity contribution is -0.120. The van der Waals surface area contributed by atoms with Crippen molar-refractivity contribution in [3.05, 3.63) is 26.9 Å². The number of nitrogens with zero attached hydrogens (tertiary/aromatic N) is 3. The van der Waals surface area contributed by atoms with Crippen molar-refractivity contribution in [3.8, 4) is 11.8 Å². The Morgan fingerprint density at radius 3 is 2.66 bits per heavy atom. The zero-order valence-corrected chi connectivity index (χ0v) is 18.4. The second-order valence-corrected chi connectivity index (χ2v) is 8.97. The molecule has 1 N–H and O–H groups in total. The first-order valence-electron chi connectivity index (χ1n) is 9.15. The van der Waals surface area contributed by atoms with Crippen LogP contribution in [0.5, 0.6) is 11.8 Å². The van der Waals surface area contributed by atoms with Gasteiger partial charge in [0.15, 0.2) is 5.02 Å². The number of aromatic nitrogens is 3. The molecule has 158 valence electrons. The Bertz CT molecular complexity index is 832. The Hall–Kier alpha value is -1.68. The molecule has 1 atom stereocenters. The first kappa shape index (κ1) is 22.0. The summed E-state index contributed by atoms with van der Waals surface area (Å²) in [5, 5.41) is 3.75. The average molecular weight is 461 g/mol. The van der Waals surface area contributed by atoms with Crippen LogP contribution < -0.4 is 14.8 Å². The summed E-state index contributed by atoms with van der Waals surface area (Å²) in [6.07, 6.45) is 4.89. The first-order chi connectivity index (χ1) is 13.9. The number of halogens is 2. The van der Waals surface area contributed by atoms with Gasteiger partial charge in [-0.05, 0) is 25.7 Å². The van der Waals surface area contributed by atoms with Crippen LogP contribution in [0, 0.1) is 5.92 Å². The summed E-state index contributed by atoms with van der Waals surface area (Å²) < 4.78 is 17.7. The Morgan fingerprint density at radius 1 is 1.28 bits per heavy atom. The molecule has 0 radical (unpaired) electrons. The molecule has 0 aliphatic heterocycles. The lowest BCUT2D eigenvalue weighted by Crippen LogP contribution is -2.40. The van der Waals surface area contributed by atoms with Crippen LogP contribution in [-0.2, 0) is 16.1 Å². The van der Waals surface area contributed by atoms with Gasteiger partial charge in [0.05, 0.1) is 25.5 Å². The van der Waals surface area contributed by atoms with E-state index in [-0.39, 0.29) is 41.4 Å². The fraction of sp³-hybridized carbons (Fsp3) is 0.556. The minimum absolute atomic E-state index is 0.00134. The highest BCUT2D eigenvalue weighted by Crippen LogP contribution is 2.34. The van der Waals surface area contributed by atoms with E-state index in [4.69, 9.17) is 37.4 Å². The van der Waals surface area contributed by atoms with Gasteiger partial charge in [-0.3, -0.25) is 4.79 Å². The zero-order chi connectivity index (χ0) is 20.8. The average Bonchev–Trinajstić information content (AvgIpc) is 3.04. The fourth-order valence-electron chi connectivity index (χ4n) is 2.84. The number of amides is 1. The molecule has 1 aliphatic rings. The molecule has 2 aromatic heterocycles. The van der Waals surface area contributed by atoms with Gasteiger partial charge >= 0.3 is 0 Å². The predicted molar refractivity (Wildman–Crippen MR) is 110 cm³/mol.